The zero-order chi connectivity index (χ0) is 14.7. The van der Waals surface area contributed by atoms with Crippen molar-refractivity contribution >= 4 is 11.0 Å². The van der Waals surface area contributed by atoms with Crippen LogP contribution in [-0.4, -0.2) is 6.54 Å². The maximum Gasteiger partial charge on any atom is 0.134 e. The molecule has 3 rings (SSSR count). The molecule has 21 heavy (non-hydrogen) atoms. The summed E-state index contributed by atoms with van der Waals surface area (Å²) < 4.78 is 18.9. The molecule has 0 aliphatic rings. The molecule has 0 bridgehead atoms. The smallest absolute Gasteiger partial charge is 0.134 e. The van der Waals surface area contributed by atoms with Gasteiger partial charge >= 0.3 is 0 Å². The number of halogens is 1. The van der Waals surface area contributed by atoms with E-state index in [0.717, 1.165) is 35.3 Å². The van der Waals surface area contributed by atoms with Crippen molar-refractivity contribution in [2.24, 2.45) is 0 Å². The lowest BCUT2D eigenvalue weighted by Gasteiger charge is -2.15. The Bertz CT molecular complexity index is 684. The molecule has 0 amide bonds. The van der Waals surface area contributed by atoms with E-state index in [1.807, 2.05) is 36.4 Å². The molecule has 0 aliphatic heterocycles. The van der Waals surface area contributed by atoms with Gasteiger partial charge in [0.25, 0.3) is 0 Å². The van der Waals surface area contributed by atoms with Gasteiger partial charge in [-0.1, -0.05) is 37.3 Å². The number of hydrogen-bond donors (Lipinski definition) is 1. The molecular formula is C18H18FNO. The van der Waals surface area contributed by atoms with Gasteiger partial charge in [0, 0.05) is 5.39 Å². The van der Waals surface area contributed by atoms with Crippen LogP contribution in [0.25, 0.3) is 11.0 Å². The van der Waals surface area contributed by atoms with Gasteiger partial charge in [-0.25, -0.2) is 4.39 Å². The fourth-order valence-corrected chi connectivity index (χ4v) is 2.55. The van der Waals surface area contributed by atoms with Crippen molar-refractivity contribution in [3.63, 3.8) is 0 Å². The predicted octanol–water partition coefficient (Wildman–Crippen LogP) is 4.47. The first-order valence-electron chi connectivity index (χ1n) is 7.22. The molecule has 0 radical (unpaired) electrons. The van der Waals surface area contributed by atoms with Crippen LogP contribution in [0.3, 0.4) is 0 Å². The molecule has 1 N–H and O–H groups in total. The topological polar surface area (TPSA) is 25.2 Å². The van der Waals surface area contributed by atoms with E-state index in [1.54, 1.807) is 0 Å². The van der Waals surface area contributed by atoms with Crippen LogP contribution in [0.2, 0.25) is 0 Å². The number of likely N-dealkylation sites (N-methyl/N-ethyl adjacent to an activating group) is 1. The van der Waals surface area contributed by atoms with Crippen molar-refractivity contribution in [2.75, 3.05) is 6.54 Å². The van der Waals surface area contributed by atoms with Crippen LogP contribution in [0.1, 0.15) is 24.3 Å². The average molecular weight is 283 g/mol. The molecule has 1 aromatic heterocycles. The lowest BCUT2D eigenvalue weighted by atomic mass is 10.0. The fraction of sp³-hybridized carbons (Fsp3) is 0.222. The van der Waals surface area contributed by atoms with E-state index in [0.29, 0.717) is 0 Å². The van der Waals surface area contributed by atoms with E-state index in [1.165, 1.54) is 12.1 Å². The molecule has 0 aliphatic carbocycles. The Balaban J connectivity index is 1.87. The van der Waals surface area contributed by atoms with Gasteiger partial charge in [0.1, 0.15) is 17.2 Å². The van der Waals surface area contributed by atoms with Crippen molar-refractivity contribution in [3.8, 4) is 0 Å². The Hall–Kier alpha value is -2.13. The van der Waals surface area contributed by atoms with E-state index in [-0.39, 0.29) is 11.9 Å². The normalized spacial score (nSPS) is 12.7. The van der Waals surface area contributed by atoms with E-state index in [4.69, 9.17) is 4.42 Å². The number of para-hydroxylation sites is 1. The first kappa shape index (κ1) is 13.8. The minimum absolute atomic E-state index is 0.0906. The summed E-state index contributed by atoms with van der Waals surface area (Å²) in [6.45, 7) is 2.92. The predicted molar refractivity (Wildman–Crippen MR) is 82.7 cm³/mol. The highest BCUT2D eigenvalue weighted by atomic mass is 19.1. The lowest BCUT2D eigenvalue weighted by Crippen LogP contribution is -2.22. The second kappa shape index (κ2) is 6.10. The van der Waals surface area contributed by atoms with Gasteiger partial charge in [0.2, 0.25) is 0 Å². The van der Waals surface area contributed by atoms with Crippen LogP contribution in [0.5, 0.6) is 0 Å². The van der Waals surface area contributed by atoms with E-state index in [2.05, 4.69) is 18.3 Å². The SMILES string of the molecule is CCNC(Cc1ccc(F)cc1)c1cc2ccccc2o1. The number of nitrogens with one attached hydrogen (secondary N) is 1. The molecule has 1 atom stereocenters. The van der Waals surface area contributed by atoms with Crippen LogP contribution in [0.4, 0.5) is 4.39 Å². The van der Waals surface area contributed by atoms with Crippen LogP contribution < -0.4 is 5.32 Å². The molecule has 2 aromatic carbocycles. The summed E-state index contributed by atoms with van der Waals surface area (Å²) in [5.74, 6) is 0.713. The lowest BCUT2D eigenvalue weighted by molar-refractivity contribution is 0.435. The second-order valence-electron chi connectivity index (χ2n) is 5.13. The Labute approximate surface area is 123 Å². The number of hydrogen-bond acceptors (Lipinski definition) is 2. The first-order valence-corrected chi connectivity index (χ1v) is 7.22. The minimum Gasteiger partial charge on any atom is -0.459 e. The molecule has 108 valence electrons. The Morgan fingerprint density at radius 3 is 2.57 bits per heavy atom. The highest BCUT2D eigenvalue weighted by Gasteiger charge is 2.16. The van der Waals surface area contributed by atoms with Gasteiger partial charge in [0.15, 0.2) is 0 Å². The third kappa shape index (κ3) is 3.14. The zero-order valence-electron chi connectivity index (χ0n) is 12.0. The molecule has 0 saturated carbocycles. The van der Waals surface area contributed by atoms with E-state index in [9.17, 15) is 4.39 Å². The zero-order valence-corrected chi connectivity index (χ0v) is 12.0. The van der Waals surface area contributed by atoms with Crippen LogP contribution in [-0.2, 0) is 6.42 Å². The Kier molecular flexibility index (Phi) is 4.02. The van der Waals surface area contributed by atoms with Crippen LogP contribution >= 0.6 is 0 Å². The fourth-order valence-electron chi connectivity index (χ4n) is 2.55. The summed E-state index contributed by atoms with van der Waals surface area (Å²) in [4.78, 5) is 0. The third-order valence-corrected chi connectivity index (χ3v) is 3.59. The van der Waals surface area contributed by atoms with Gasteiger partial charge in [-0.3, -0.25) is 0 Å². The summed E-state index contributed by atoms with van der Waals surface area (Å²) in [6, 6.07) is 16.8. The van der Waals surface area contributed by atoms with Gasteiger partial charge < -0.3 is 9.73 Å². The first-order chi connectivity index (χ1) is 10.3. The van der Waals surface area contributed by atoms with E-state index >= 15 is 0 Å². The summed E-state index contributed by atoms with van der Waals surface area (Å²) >= 11 is 0. The van der Waals surface area contributed by atoms with Crippen molar-refractivity contribution in [1.82, 2.24) is 5.32 Å². The highest BCUT2D eigenvalue weighted by Crippen LogP contribution is 2.26. The van der Waals surface area contributed by atoms with Crippen LogP contribution in [0, 0.1) is 5.82 Å². The number of fused-ring (bicyclic) bond motifs is 1. The van der Waals surface area contributed by atoms with Crippen molar-refractivity contribution in [1.29, 1.82) is 0 Å². The summed E-state index contributed by atoms with van der Waals surface area (Å²) in [7, 11) is 0. The van der Waals surface area contributed by atoms with Gasteiger partial charge in [-0.2, -0.15) is 0 Å². The monoisotopic (exact) mass is 283 g/mol. The van der Waals surface area contributed by atoms with Crippen molar-refractivity contribution in [2.45, 2.75) is 19.4 Å². The average Bonchev–Trinajstić information content (AvgIpc) is 2.93. The molecule has 0 fully saturated rings. The van der Waals surface area contributed by atoms with Crippen molar-refractivity contribution in [3.05, 3.63) is 71.7 Å². The Morgan fingerprint density at radius 1 is 1.10 bits per heavy atom. The maximum absolute atomic E-state index is 13.0. The van der Waals surface area contributed by atoms with Gasteiger partial charge in [-0.15, -0.1) is 0 Å². The quantitative estimate of drug-likeness (QED) is 0.747. The molecule has 1 heterocycles. The molecule has 2 nitrogen and oxygen atoms in total. The third-order valence-electron chi connectivity index (χ3n) is 3.59. The largest absolute Gasteiger partial charge is 0.459 e. The molecule has 1 unspecified atom stereocenters. The molecule has 0 saturated heterocycles. The van der Waals surface area contributed by atoms with E-state index < -0.39 is 0 Å². The van der Waals surface area contributed by atoms with Crippen molar-refractivity contribution < 1.29 is 8.81 Å². The molecule has 3 heteroatoms. The second-order valence-corrected chi connectivity index (χ2v) is 5.13. The molecule has 3 aromatic rings. The standard InChI is InChI=1S/C18H18FNO/c1-2-20-16(11-13-7-9-15(19)10-8-13)18-12-14-5-3-4-6-17(14)21-18/h3-10,12,16,20H,2,11H2,1H3. The Morgan fingerprint density at radius 2 is 1.86 bits per heavy atom. The summed E-state index contributed by atoms with van der Waals surface area (Å²) in [6.07, 6.45) is 0.772. The van der Waals surface area contributed by atoms with Gasteiger partial charge in [0.05, 0.1) is 6.04 Å². The molecular weight excluding hydrogens is 265 g/mol. The van der Waals surface area contributed by atoms with Gasteiger partial charge in [-0.05, 0) is 42.8 Å². The highest BCUT2D eigenvalue weighted by molar-refractivity contribution is 5.77. The molecule has 0 spiro atoms. The number of rotatable bonds is 5. The number of benzene rings is 2. The summed E-state index contributed by atoms with van der Waals surface area (Å²) in [5.41, 5.74) is 1.98. The maximum atomic E-state index is 13.0. The van der Waals surface area contributed by atoms with Crippen LogP contribution in [0.15, 0.2) is 59.0 Å². The number of furan rings is 1. The minimum atomic E-state index is -0.206. The summed E-state index contributed by atoms with van der Waals surface area (Å²) in [5, 5.41) is 4.54.